The molecular formula is C9H8BrN5O2. The first-order valence-electron chi connectivity index (χ1n) is 4.63. The van der Waals surface area contributed by atoms with Crippen molar-refractivity contribution in [3.8, 4) is 5.69 Å². The highest BCUT2D eigenvalue weighted by molar-refractivity contribution is 9.10. The van der Waals surface area contributed by atoms with Crippen molar-refractivity contribution in [3.63, 3.8) is 0 Å². The van der Waals surface area contributed by atoms with Gasteiger partial charge < -0.3 is 5.73 Å². The number of halogens is 1. The number of nitro benzene ring substituents is 1. The molecule has 0 saturated carbocycles. The molecule has 88 valence electrons. The molecule has 0 atom stereocenters. The Balaban J connectivity index is 2.54. The number of non-ortho nitro benzene ring substituents is 1. The normalized spacial score (nSPS) is 10.5. The highest BCUT2D eigenvalue weighted by atomic mass is 79.9. The average Bonchev–Trinajstić information content (AvgIpc) is 2.60. The molecule has 0 amide bonds. The van der Waals surface area contributed by atoms with Gasteiger partial charge in [-0.25, -0.2) is 4.68 Å². The van der Waals surface area contributed by atoms with Crippen LogP contribution >= 0.6 is 15.9 Å². The van der Waals surface area contributed by atoms with Crippen LogP contribution in [0, 0.1) is 17.0 Å². The Kier molecular flexibility index (Phi) is 2.80. The van der Waals surface area contributed by atoms with E-state index < -0.39 is 4.92 Å². The van der Waals surface area contributed by atoms with E-state index in [-0.39, 0.29) is 5.69 Å². The number of nitrogens with two attached hydrogens (primary N) is 1. The molecule has 8 heteroatoms. The Hall–Kier alpha value is -1.96. The van der Waals surface area contributed by atoms with Gasteiger partial charge in [-0.2, -0.15) is 0 Å². The first-order chi connectivity index (χ1) is 8.00. The molecule has 2 N–H and O–H groups in total. The van der Waals surface area contributed by atoms with E-state index in [0.29, 0.717) is 21.7 Å². The molecule has 0 unspecified atom stereocenters. The summed E-state index contributed by atoms with van der Waals surface area (Å²) in [5.41, 5.74) is 6.92. The quantitative estimate of drug-likeness (QED) is 0.673. The molecule has 2 rings (SSSR count). The van der Waals surface area contributed by atoms with Crippen molar-refractivity contribution in [2.24, 2.45) is 0 Å². The molecular weight excluding hydrogens is 290 g/mol. The van der Waals surface area contributed by atoms with E-state index in [0.717, 1.165) is 0 Å². The third kappa shape index (κ3) is 1.98. The first kappa shape index (κ1) is 11.5. The Labute approximate surface area is 105 Å². The number of nitro groups is 1. The van der Waals surface area contributed by atoms with E-state index in [1.165, 1.54) is 16.8 Å². The molecule has 1 aromatic carbocycles. The van der Waals surface area contributed by atoms with Crippen molar-refractivity contribution >= 4 is 27.4 Å². The fourth-order valence-electron chi connectivity index (χ4n) is 1.35. The zero-order valence-electron chi connectivity index (χ0n) is 8.79. The molecule has 0 saturated heterocycles. The number of nitrogens with zero attached hydrogens (tertiary/aromatic N) is 4. The Bertz CT molecular complexity index is 595. The Morgan fingerprint density at radius 1 is 1.53 bits per heavy atom. The van der Waals surface area contributed by atoms with Gasteiger partial charge in [0, 0.05) is 12.1 Å². The lowest BCUT2D eigenvalue weighted by Crippen LogP contribution is -2.01. The van der Waals surface area contributed by atoms with Gasteiger partial charge in [0.05, 0.1) is 20.8 Å². The van der Waals surface area contributed by atoms with Gasteiger partial charge in [-0.15, -0.1) is 5.10 Å². The number of hydrogen-bond donors (Lipinski definition) is 1. The third-order valence-electron chi connectivity index (χ3n) is 2.30. The minimum Gasteiger partial charge on any atom is -0.381 e. The number of benzene rings is 1. The van der Waals surface area contributed by atoms with E-state index >= 15 is 0 Å². The molecule has 1 aromatic heterocycles. The molecule has 0 spiro atoms. The molecule has 0 radical (unpaired) electrons. The molecule has 7 nitrogen and oxygen atoms in total. The first-order valence-corrected chi connectivity index (χ1v) is 5.42. The van der Waals surface area contributed by atoms with E-state index in [1.807, 2.05) is 0 Å². The maximum atomic E-state index is 10.6. The lowest BCUT2D eigenvalue weighted by Gasteiger charge is -2.05. The van der Waals surface area contributed by atoms with Crippen LogP contribution in [0.5, 0.6) is 0 Å². The molecule has 17 heavy (non-hydrogen) atoms. The summed E-state index contributed by atoms with van der Waals surface area (Å²) in [5.74, 6) is 0.329. The zero-order chi connectivity index (χ0) is 12.6. The second-order valence-corrected chi connectivity index (χ2v) is 4.22. The Morgan fingerprint density at radius 2 is 2.24 bits per heavy atom. The molecule has 2 aromatic rings. The van der Waals surface area contributed by atoms with Crippen LogP contribution in [0.2, 0.25) is 0 Å². The van der Waals surface area contributed by atoms with Crippen LogP contribution in [0.4, 0.5) is 11.5 Å². The molecule has 0 bridgehead atoms. The van der Waals surface area contributed by atoms with Crippen LogP contribution in [0.3, 0.4) is 0 Å². The van der Waals surface area contributed by atoms with Crippen molar-refractivity contribution in [1.29, 1.82) is 0 Å². The summed E-state index contributed by atoms with van der Waals surface area (Å²) in [7, 11) is 0. The van der Waals surface area contributed by atoms with Gasteiger partial charge in [0.15, 0.2) is 5.82 Å². The summed E-state index contributed by atoms with van der Waals surface area (Å²) in [5, 5.41) is 18.2. The second kappa shape index (κ2) is 4.13. The molecule has 0 aliphatic rings. The van der Waals surface area contributed by atoms with Crippen molar-refractivity contribution in [3.05, 3.63) is 38.5 Å². The third-order valence-corrected chi connectivity index (χ3v) is 2.94. The predicted octanol–water partition coefficient (Wildman–Crippen LogP) is 1.83. The largest absolute Gasteiger partial charge is 0.381 e. The minimum atomic E-state index is -0.461. The number of nitrogen functional groups attached to an aromatic ring is 1. The van der Waals surface area contributed by atoms with Crippen LogP contribution in [0.1, 0.15) is 5.69 Å². The van der Waals surface area contributed by atoms with Gasteiger partial charge in [-0.1, -0.05) is 5.21 Å². The average molecular weight is 298 g/mol. The van der Waals surface area contributed by atoms with Crippen molar-refractivity contribution in [1.82, 2.24) is 15.0 Å². The number of rotatable bonds is 2. The Morgan fingerprint density at radius 3 is 2.71 bits per heavy atom. The standard InChI is InChI=1S/C9H8BrN5O2/c1-5-9(11)12-13-14(5)8-3-2-6(15(16)17)4-7(8)10/h2-4H,11H2,1H3. The predicted molar refractivity (Wildman–Crippen MR) is 64.9 cm³/mol. The maximum absolute atomic E-state index is 10.6. The van der Waals surface area contributed by atoms with Crippen LogP contribution in [0.25, 0.3) is 5.69 Å². The number of hydrogen-bond acceptors (Lipinski definition) is 5. The zero-order valence-corrected chi connectivity index (χ0v) is 10.4. The summed E-state index contributed by atoms with van der Waals surface area (Å²) >= 11 is 3.26. The molecule has 1 heterocycles. The van der Waals surface area contributed by atoms with Crippen molar-refractivity contribution in [2.45, 2.75) is 6.92 Å². The second-order valence-electron chi connectivity index (χ2n) is 3.36. The summed E-state index contributed by atoms with van der Waals surface area (Å²) in [6, 6.07) is 4.40. The lowest BCUT2D eigenvalue weighted by atomic mass is 10.3. The fraction of sp³-hybridized carbons (Fsp3) is 0.111. The molecule has 0 aliphatic carbocycles. The van der Waals surface area contributed by atoms with Gasteiger partial charge in [0.1, 0.15) is 0 Å². The van der Waals surface area contributed by atoms with Crippen LogP contribution < -0.4 is 5.73 Å². The summed E-state index contributed by atoms with van der Waals surface area (Å²) in [6.07, 6.45) is 0. The van der Waals surface area contributed by atoms with E-state index in [1.54, 1.807) is 13.0 Å². The van der Waals surface area contributed by atoms with Crippen LogP contribution in [0.15, 0.2) is 22.7 Å². The van der Waals surface area contributed by atoms with E-state index in [2.05, 4.69) is 26.2 Å². The monoisotopic (exact) mass is 297 g/mol. The fourth-order valence-corrected chi connectivity index (χ4v) is 1.89. The van der Waals surface area contributed by atoms with Gasteiger partial charge in [-0.05, 0) is 28.9 Å². The van der Waals surface area contributed by atoms with Crippen molar-refractivity contribution < 1.29 is 4.92 Å². The highest BCUT2D eigenvalue weighted by Crippen LogP contribution is 2.26. The van der Waals surface area contributed by atoms with Gasteiger partial charge in [0.25, 0.3) is 5.69 Å². The summed E-state index contributed by atoms with van der Waals surface area (Å²) < 4.78 is 2.07. The van der Waals surface area contributed by atoms with Crippen LogP contribution in [-0.2, 0) is 0 Å². The maximum Gasteiger partial charge on any atom is 0.270 e. The van der Waals surface area contributed by atoms with Crippen molar-refractivity contribution in [2.75, 3.05) is 5.73 Å². The summed E-state index contributed by atoms with van der Waals surface area (Å²) in [4.78, 5) is 10.1. The van der Waals surface area contributed by atoms with Gasteiger partial charge in [-0.3, -0.25) is 10.1 Å². The van der Waals surface area contributed by atoms with Crippen LogP contribution in [-0.4, -0.2) is 19.9 Å². The topological polar surface area (TPSA) is 99.9 Å². The number of aromatic nitrogens is 3. The van der Waals surface area contributed by atoms with Gasteiger partial charge >= 0.3 is 0 Å². The van der Waals surface area contributed by atoms with Gasteiger partial charge in [0.2, 0.25) is 0 Å². The lowest BCUT2D eigenvalue weighted by molar-refractivity contribution is -0.384. The molecule has 0 aliphatic heterocycles. The van der Waals surface area contributed by atoms with E-state index in [4.69, 9.17) is 5.73 Å². The minimum absolute atomic E-state index is 0.00589. The highest BCUT2D eigenvalue weighted by Gasteiger charge is 2.13. The van der Waals surface area contributed by atoms with E-state index in [9.17, 15) is 10.1 Å². The SMILES string of the molecule is Cc1c(N)nnn1-c1ccc([N+](=O)[O-])cc1Br. The number of anilines is 1. The molecule has 0 fully saturated rings. The summed E-state index contributed by atoms with van der Waals surface area (Å²) in [6.45, 7) is 1.77. The smallest absolute Gasteiger partial charge is 0.270 e.